The molecule has 1 unspecified atom stereocenters. The molecule has 2 aromatic heterocycles. The van der Waals surface area contributed by atoms with E-state index in [0.29, 0.717) is 12.4 Å². The monoisotopic (exact) mass is 253 g/mol. The van der Waals surface area contributed by atoms with Crippen molar-refractivity contribution in [1.29, 1.82) is 0 Å². The van der Waals surface area contributed by atoms with E-state index in [9.17, 15) is 10.1 Å². The summed E-state index contributed by atoms with van der Waals surface area (Å²) in [6.07, 6.45) is 4.60. The van der Waals surface area contributed by atoms with Gasteiger partial charge in [-0.25, -0.2) is 14.2 Å². The Labute approximate surface area is 103 Å². The average molecular weight is 253 g/mol. The molecule has 0 saturated carbocycles. The van der Waals surface area contributed by atoms with Crippen molar-refractivity contribution in [3.05, 3.63) is 40.6 Å². The Kier molecular flexibility index (Phi) is 3.14. The third-order valence-corrected chi connectivity index (χ3v) is 2.84. The summed E-state index contributed by atoms with van der Waals surface area (Å²) >= 11 is 4.38. The maximum atomic E-state index is 10.8. The van der Waals surface area contributed by atoms with Gasteiger partial charge in [0.15, 0.2) is 5.37 Å². The van der Waals surface area contributed by atoms with Crippen LogP contribution < -0.4 is 0 Å². The lowest BCUT2D eigenvalue weighted by molar-refractivity contribution is -0.392. The molecule has 0 aliphatic heterocycles. The zero-order chi connectivity index (χ0) is 12.4. The number of hydrogen-bond donors (Lipinski definition) is 1. The van der Waals surface area contributed by atoms with E-state index in [1.807, 2.05) is 6.92 Å². The van der Waals surface area contributed by atoms with E-state index in [2.05, 4.69) is 22.7 Å². The van der Waals surface area contributed by atoms with E-state index in [1.54, 1.807) is 23.1 Å². The summed E-state index contributed by atoms with van der Waals surface area (Å²) in [6.45, 7) is 2.28. The van der Waals surface area contributed by atoms with Crippen LogP contribution in [0, 0.1) is 10.1 Å². The van der Waals surface area contributed by atoms with Crippen molar-refractivity contribution < 1.29 is 4.92 Å². The van der Waals surface area contributed by atoms with E-state index in [1.165, 1.54) is 10.8 Å². The molecule has 17 heavy (non-hydrogen) atoms. The highest BCUT2D eigenvalue weighted by atomic mass is 32.1. The van der Waals surface area contributed by atoms with Crippen molar-refractivity contribution in [2.24, 2.45) is 0 Å². The van der Waals surface area contributed by atoms with Gasteiger partial charge in [0.2, 0.25) is 5.82 Å². The van der Waals surface area contributed by atoms with Crippen molar-refractivity contribution in [1.82, 2.24) is 19.3 Å². The third kappa shape index (κ3) is 2.03. The molecule has 0 amide bonds. The van der Waals surface area contributed by atoms with Crippen LogP contribution >= 0.6 is 12.6 Å². The Bertz CT molecular complexity index is 521. The lowest BCUT2D eigenvalue weighted by atomic mass is 10.5. The Hall–Kier alpha value is -1.83. The Morgan fingerprint density at radius 3 is 2.94 bits per heavy atom. The highest BCUT2D eigenvalue weighted by molar-refractivity contribution is 7.80. The molecule has 0 saturated heterocycles. The zero-order valence-corrected chi connectivity index (χ0v) is 9.99. The second kappa shape index (κ2) is 4.58. The Morgan fingerprint density at radius 2 is 2.41 bits per heavy atom. The number of nitro groups is 1. The molecule has 0 spiro atoms. The SMILES string of the molecule is CCn1c([N+](=O)[O-])cnc1C(S)n1cccn1. The molecular weight excluding hydrogens is 242 g/mol. The minimum absolute atomic E-state index is 0.0336. The summed E-state index contributed by atoms with van der Waals surface area (Å²) in [5.74, 6) is 0.472. The first kappa shape index (κ1) is 11.6. The van der Waals surface area contributed by atoms with Crippen LogP contribution in [0.3, 0.4) is 0 Å². The molecule has 0 aliphatic rings. The maximum absolute atomic E-state index is 10.8. The van der Waals surface area contributed by atoms with Crippen LogP contribution in [0.25, 0.3) is 0 Å². The second-order valence-electron chi connectivity index (χ2n) is 3.34. The first-order valence-corrected chi connectivity index (χ1v) is 5.53. The van der Waals surface area contributed by atoms with Gasteiger partial charge in [-0.05, 0) is 17.9 Å². The fraction of sp³-hybridized carbons (Fsp3) is 0.333. The summed E-state index contributed by atoms with van der Waals surface area (Å²) in [5.41, 5.74) is 0. The Balaban J connectivity index is 2.42. The molecule has 0 radical (unpaired) electrons. The normalized spacial score (nSPS) is 12.6. The van der Waals surface area contributed by atoms with Gasteiger partial charge in [-0.2, -0.15) is 5.10 Å². The van der Waals surface area contributed by atoms with Gasteiger partial charge in [-0.1, -0.05) is 0 Å². The molecule has 7 nitrogen and oxygen atoms in total. The highest BCUT2D eigenvalue weighted by Gasteiger charge is 2.24. The molecule has 1 atom stereocenters. The smallest absolute Gasteiger partial charge is 0.342 e. The lowest BCUT2D eigenvalue weighted by Gasteiger charge is -2.09. The first-order chi connectivity index (χ1) is 8.15. The zero-order valence-electron chi connectivity index (χ0n) is 9.09. The number of nitrogens with zero attached hydrogens (tertiary/aromatic N) is 5. The highest BCUT2D eigenvalue weighted by Crippen LogP contribution is 2.24. The number of aromatic nitrogens is 4. The van der Waals surface area contributed by atoms with Gasteiger partial charge in [0.25, 0.3) is 0 Å². The van der Waals surface area contributed by atoms with Crippen LogP contribution in [-0.4, -0.2) is 24.3 Å². The van der Waals surface area contributed by atoms with Crippen molar-refractivity contribution >= 4 is 18.4 Å². The molecule has 0 aliphatic carbocycles. The first-order valence-electron chi connectivity index (χ1n) is 5.02. The molecule has 0 bridgehead atoms. The molecule has 2 rings (SSSR count). The van der Waals surface area contributed by atoms with Gasteiger partial charge in [0, 0.05) is 12.4 Å². The van der Waals surface area contributed by atoms with Crippen molar-refractivity contribution in [2.75, 3.05) is 0 Å². The minimum atomic E-state index is -0.455. The fourth-order valence-corrected chi connectivity index (χ4v) is 1.94. The van der Waals surface area contributed by atoms with Gasteiger partial charge in [0.1, 0.15) is 6.20 Å². The molecule has 0 N–H and O–H groups in total. The van der Waals surface area contributed by atoms with Gasteiger partial charge in [0.05, 0.1) is 6.54 Å². The number of hydrogen-bond acceptors (Lipinski definition) is 5. The van der Waals surface area contributed by atoms with Crippen LogP contribution in [0.15, 0.2) is 24.7 Å². The average Bonchev–Trinajstić information content (AvgIpc) is 2.96. The fourth-order valence-electron chi connectivity index (χ4n) is 1.60. The van der Waals surface area contributed by atoms with Crippen molar-refractivity contribution in [3.8, 4) is 0 Å². The second-order valence-corrected chi connectivity index (χ2v) is 3.82. The predicted octanol–water partition coefficient (Wildman–Crippen LogP) is 1.48. The number of rotatable bonds is 4. The van der Waals surface area contributed by atoms with Gasteiger partial charge in [-0.3, -0.25) is 0 Å². The molecule has 2 heterocycles. The molecular formula is C9H11N5O2S. The number of thiol groups is 1. The van der Waals surface area contributed by atoms with Crippen LogP contribution in [-0.2, 0) is 6.54 Å². The van der Waals surface area contributed by atoms with Crippen LogP contribution in [0.5, 0.6) is 0 Å². The lowest BCUT2D eigenvalue weighted by Crippen LogP contribution is -2.13. The van der Waals surface area contributed by atoms with E-state index >= 15 is 0 Å². The summed E-state index contributed by atoms with van der Waals surface area (Å²) in [7, 11) is 0. The van der Waals surface area contributed by atoms with E-state index in [0.717, 1.165) is 0 Å². The van der Waals surface area contributed by atoms with Crippen molar-refractivity contribution in [2.45, 2.75) is 18.8 Å². The largest absolute Gasteiger partial charge is 0.358 e. The molecule has 0 fully saturated rings. The maximum Gasteiger partial charge on any atom is 0.342 e. The molecule has 0 aromatic carbocycles. The van der Waals surface area contributed by atoms with Crippen LogP contribution in [0.4, 0.5) is 5.82 Å². The van der Waals surface area contributed by atoms with Gasteiger partial charge in [-0.15, -0.1) is 12.6 Å². The summed E-state index contributed by atoms with van der Waals surface area (Å²) in [6, 6.07) is 1.76. The van der Waals surface area contributed by atoms with E-state index < -0.39 is 10.3 Å². The molecule has 2 aromatic rings. The summed E-state index contributed by atoms with van der Waals surface area (Å²) in [4.78, 5) is 14.4. The third-order valence-electron chi connectivity index (χ3n) is 2.38. The molecule has 8 heteroatoms. The Morgan fingerprint density at radius 1 is 1.65 bits per heavy atom. The standard InChI is InChI=1S/C9H11N5O2S/c1-2-12-7(14(15)16)6-10-8(12)9(17)13-5-3-4-11-13/h3-6,9,17H,2H2,1H3. The summed E-state index contributed by atoms with van der Waals surface area (Å²) in [5, 5.41) is 14.4. The topological polar surface area (TPSA) is 78.8 Å². The minimum Gasteiger partial charge on any atom is -0.358 e. The van der Waals surface area contributed by atoms with Gasteiger partial charge >= 0.3 is 5.82 Å². The van der Waals surface area contributed by atoms with Crippen LogP contribution in [0.1, 0.15) is 18.1 Å². The van der Waals surface area contributed by atoms with Gasteiger partial charge < -0.3 is 10.1 Å². The van der Waals surface area contributed by atoms with E-state index in [-0.39, 0.29) is 5.82 Å². The molecule has 90 valence electrons. The van der Waals surface area contributed by atoms with Crippen molar-refractivity contribution in [3.63, 3.8) is 0 Å². The quantitative estimate of drug-likeness (QED) is 0.508. The van der Waals surface area contributed by atoms with E-state index in [4.69, 9.17) is 0 Å². The number of imidazole rings is 1. The predicted molar refractivity (Wildman–Crippen MR) is 63.9 cm³/mol. The van der Waals surface area contributed by atoms with Crippen LogP contribution in [0.2, 0.25) is 0 Å². The summed E-state index contributed by atoms with van der Waals surface area (Å²) < 4.78 is 3.10.